The van der Waals surface area contributed by atoms with Gasteiger partial charge in [0.25, 0.3) is 0 Å². The second kappa shape index (κ2) is 8.16. The Bertz CT molecular complexity index is 509. The highest BCUT2D eigenvalue weighted by Gasteiger charge is 2.02. The first-order chi connectivity index (χ1) is 9.19. The van der Waals surface area contributed by atoms with Crippen LogP contribution in [-0.2, 0) is 16.0 Å². The molecule has 6 heteroatoms. The number of carbonyl (C=O) groups excluding carboxylic acids is 1. The highest BCUT2D eigenvalue weighted by atomic mass is 32.2. The molecule has 0 unspecified atom stereocenters. The molecular weight excluding hydrogens is 262 g/mol. The maximum atomic E-state index is 11.1. The van der Waals surface area contributed by atoms with Gasteiger partial charge in [0.2, 0.25) is 0 Å². The van der Waals surface area contributed by atoms with E-state index in [9.17, 15) is 4.79 Å². The first-order valence-electron chi connectivity index (χ1n) is 5.63. The molecule has 0 aliphatic carbocycles. The first-order valence-corrected chi connectivity index (χ1v) is 6.85. The Labute approximate surface area is 116 Å². The van der Waals surface area contributed by atoms with Crippen LogP contribution in [0.2, 0.25) is 0 Å². The van der Waals surface area contributed by atoms with Crippen LogP contribution in [0.1, 0.15) is 12.0 Å². The Morgan fingerprint density at radius 3 is 3.00 bits per heavy atom. The van der Waals surface area contributed by atoms with Crippen LogP contribution in [0.5, 0.6) is 0 Å². The molecule has 0 aromatic heterocycles. The number of nitrogens with zero attached hydrogens (tertiary/aromatic N) is 2. The van der Waals surface area contributed by atoms with Gasteiger partial charge in [0.1, 0.15) is 0 Å². The molecule has 19 heavy (non-hydrogen) atoms. The third-order valence-electron chi connectivity index (χ3n) is 2.34. The van der Waals surface area contributed by atoms with Crippen LogP contribution in [0.4, 0.5) is 5.69 Å². The molecule has 0 radical (unpaired) electrons. The molecule has 0 bridgehead atoms. The zero-order valence-electron chi connectivity index (χ0n) is 10.8. The maximum Gasteiger partial charge on any atom is 0.305 e. The molecule has 0 fully saturated rings. The molecule has 0 saturated heterocycles. The SMILES string of the molecule is COC(=O)CCc1cccc(N=C(NC#N)SC)c1. The number of methoxy groups -OCH3 is 1. The Morgan fingerprint density at radius 2 is 2.37 bits per heavy atom. The summed E-state index contributed by atoms with van der Waals surface area (Å²) < 4.78 is 4.60. The normalized spacial score (nSPS) is 10.7. The summed E-state index contributed by atoms with van der Waals surface area (Å²) in [5.74, 6) is -0.232. The predicted octanol–water partition coefficient (Wildman–Crippen LogP) is 2.21. The van der Waals surface area contributed by atoms with E-state index in [-0.39, 0.29) is 5.97 Å². The van der Waals surface area contributed by atoms with E-state index >= 15 is 0 Å². The fourth-order valence-electron chi connectivity index (χ4n) is 1.42. The number of nitriles is 1. The molecule has 100 valence electrons. The topological polar surface area (TPSA) is 74.5 Å². The standard InChI is InChI=1S/C13H15N3O2S/c1-18-12(17)7-6-10-4-3-5-11(8-10)16-13(19-2)15-9-14/h3-5,8H,6-7H2,1-2H3,(H,15,16). The van der Waals surface area contributed by atoms with Gasteiger partial charge >= 0.3 is 5.97 Å². The Hall–Kier alpha value is -2.00. The van der Waals surface area contributed by atoms with Crippen molar-refractivity contribution in [1.29, 1.82) is 5.26 Å². The minimum absolute atomic E-state index is 0.232. The van der Waals surface area contributed by atoms with Crippen molar-refractivity contribution in [2.45, 2.75) is 12.8 Å². The minimum atomic E-state index is -0.232. The molecule has 0 amide bonds. The monoisotopic (exact) mass is 277 g/mol. The van der Waals surface area contributed by atoms with Crippen LogP contribution in [0.3, 0.4) is 0 Å². The fourth-order valence-corrected chi connectivity index (χ4v) is 1.76. The van der Waals surface area contributed by atoms with Gasteiger partial charge in [0.05, 0.1) is 12.8 Å². The van der Waals surface area contributed by atoms with Crippen LogP contribution in [0.15, 0.2) is 29.3 Å². The van der Waals surface area contributed by atoms with Gasteiger partial charge in [-0.1, -0.05) is 23.9 Å². The van der Waals surface area contributed by atoms with E-state index in [0.717, 1.165) is 11.3 Å². The van der Waals surface area contributed by atoms with Crippen LogP contribution in [0.25, 0.3) is 0 Å². The predicted molar refractivity (Wildman–Crippen MR) is 76.1 cm³/mol. The average molecular weight is 277 g/mol. The zero-order valence-corrected chi connectivity index (χ0v) is 11.7. The summed E-state index contributed by atoms with van der Waals surface area (Å²) in [5, 5.41) is 11.6. The number of rotatable bonds is 4. The fraction of sp³-hybridized carbons (Fsp3) is 0.308. The lowest BCUT2D eigenvalue weighted by Gasteiger charge is -2.03. The number of esters is 1. The van der Waals surface area contributed by atoms with E-state index in [1.165, 1.54) is 18.9 Å². The van der Waals surface area contributed by atoms with E-state index in [0.29, 0.717) is 18.0 Å². The lowest BCUT2D eigenvalue weighted by atomic mass is 10.1. The summed E-state index contributed by atoms with van der Waals surface area (Å²) in [6, 6.07) is 7.53. The maximum absolute atomic E-state index is 11.1. The van der Waals surface area contributed by atoms with Gasteiger partial charge in [0, 0.05) is 6.42 Å². The molecule has 1 aromatic carbocycles. The Balaban J connectivity index is 2.76. The molecule has 0 saturated carbocycles. The molecule has 1 aromatic rings. The molecule has 5 nitrogen and oxygen atoms in total. The molecule has 0 aliphatic rings. The average Bonchev–Trinajstić information content (AvgIpc) is 2.44. The molecule has 0 spiro atoms. The van der Waals surface area contributed by atoms with Gasteiger partial charge < -0.3 is 4.74 Å². The molecule has 0 heterocycles. The molecule has 0 atom stereocenters. The molecule has 1 rings (SSSR count). The van der Waals surface area contributed by atoms with E-state index in [1.54, 1.807) is 0 Å². The zero-order chi connectivity index (χ0) is 14.1. The summed E-state index contributed by atoms with van der Waals surface area (Å²) in [5.41, 5.74) is 1.75. The first kappa shape index (κ1) is 15.1. The highest BCUT2D eigenvalue weighted by Crippen LogP contribution is 2.17. The summed E-state index contributed by atoms with van der Waals surface area (Å²) >= 11 is 1.36. The summed E-state index contributed by atoms with van der Waals surface area (Å²) in [6.45, 7) is 0. The van der Waals surface area contributed by atoms with E-state index < -0.39 is 0 Å². The molecule has 0 aliphatic heterocycles. The minimum Gasteiger partial charge on any atom is -0.469 e. The number of aliphatic imine (C=N–C) groups is 1. The third-order valence-corrected chi connectivity index (χ3v) is 2.92. The highest BCUT2D eigenvalue weighted by molar-refractivity contribution is 8.13. The van der Waals surface area contributed by atoms with Gasteiger partial charge in [-0.3, -0.25) is 10.1 Å². The van der Waals surface area contributed by atoms with Crippen molar-refractivity contribution in [2.75, 3.05) is 13.4 Å². The van der Waals surface area contributed by atoms with Crippen molar-refractivity contribution >= 4 is 28.6 Å². The number of hydrogen-bond acceptors (Lipinski definition) is 5. The number of ether oxygens (including phenoxy) is 1. The number of aryl methyl sites for hydroxylation is 1. The second-order valence-corrected chi connectivity index (χ2v) is 4.40. The Kier molecular flexibility index (Phi) is 6.47. The summed E-state index contributed by atoms with van der Waals surface area (Å²) in [7, 11) is 1.38. The van der Waals surface area contributed by atoms with Crippen molar-refractivity contribution in [1.82, 2.24) is 5.32 Å². The van der Waals surface area contributed by atoms with Gasteiger partial charge in [-0.05, 0) is 30.4 Å². The van der Waals surface area contributed by atoms with E-state index in [4.69, 9.17) is 5.26 Å². The van der Waals surface area contributed by atoms with Crippen molar-refractivity contribution in [2.24, 2.45) is 4.99 Å². The number of benzene rings is 1. The smallest absolute Gasteiger partial charge is 0.305 e. The van der Waals surface area contributed by atoms with Gasteiger partial charge in [-0.25, -0.2) is 4.99 Å². The number of nitrogens with one attached hydrogen (secondary N) is 1. The number of amidine groups is 1. The second-order valence-electron chi connectivity index (χ2n) is 3.60. The van der Waals surface area contributed by atoms with Crippen molar-refractivity contribution in [3.8, 4) is 6.19 Å². The van der Waals surface area contributed by atoms with Crippen molar-refractivity contribution in [3.63, 3.8) is 0 Å². The quantitative estimate of drug-likeness (QED) is 0.300. The molecule has 1 N–H and O–H groups in total. The lowest BCUT2D eigenvalue weighted by Crippen LogP contribution is -2.12. The van der Waals surface area contributed by atoms with Crippen LogP contribution in [0, 0.1) is 11.5 Å². The van der Waals surface area contributed by atoms with Crippen molar-refractivity contribution in [3.05, 3.63) is 29.8 Å². The van der Waals surface area contributed by atoms with Gasteiger partial charge in [0.15, 0.2) is 11.4 Å². The lowest BCUT2D eigenvalue weighted by molar-refractivity contribution is -0.140. The third kappa shape index (κ3) is 5.44. The largest absolute Gasteiger partial charge is 0.469 e. The van der Waals surface area contributed by atoms with Crippen LogP contribution in [-0.4, -0.2) is 24.5 Å². The van der Waals surface area contributed by atoms with Crippen LogP contribution >= 0.6 is 11.8 Å². The van der Waals surface area contributed by atoms with Gasteiger partial charge in [-0.15, -0.1) is 0 Å². The molecular formula is C13H15N3O2S. The van der Waals surface area contributed by atoms with Crippen molar-refractivity contribution < 1.29 is 9.53 Å². The summed E-state index contributed by atoms with van der Waals surface area (Å²) in [4.78, 5) is 15.4. The number of thioether (sulfide) groups is 1. The van der Waals surface area contributed by atoms with Crippen LogP contribution < -0.4 is 5.32 Å². The Morgan fingerprint density at radius 1 is 1.58 bits per heavy atom. The van der Waals surface area contributed by atoms with E-state index in [2.05, 4.69) is 15.0 Å². The van der Waals surface area contributed by atoms with E-state index in [1.807, 2.05) is 36.7 Å². The number of carbonyl (C=O) groups is 1. The number of hydrogen-bond donors (Lipinski definition) is 1. The van der Waals surface area contributed by atoms with Gasteiger partial charge in [-0.2, -0.15) is 5.26 Å². The summed E-state index contributed by atoms with van der Waals surface area (Å²) in [6.07, 6.45) is 4.63.